The third kappa shape index (κ3) is 9.74. The monoisotopic (exact) mass is 213 g/mol. The average Bonchev–Trinajstić information content (AvgIpc) is 2.14. The lowest BCUT2D eigenvalue weighted by Crippen LogP contribution is -2.36. The van der Waals surface area contributed by atoms with Gasteiger partial charge < -0.3 is 15.2 Å². The second-order valence-electron chi connectivity index (χ2n) is 4.30. The van der Waals surface area contributed by atoms with E-state index in [9.17, 15) is 5.11 Å². The number of rotatable bonds is 8. The van der Waals surface area contributed by atoms with E-state index in [1.807, 2.05) is 6.92 Å². The van der Waals surface area contributed by atoms with Crippen molar-refractivity contribution in [2.45, 2.75) is 39.3 Å². The van der Waals surface area contributed by atoms with Crippen molar-refractivity contribution in [3.63, 3.8) is 0 Å². The number of nitrogens with one attached hydrogen (secondary N) is 1. The number of aliphatic hydroxyl groups excluding tert-OH is 1. The molecular weight excluding hydrogens is 190 g/mol. The molecule has 2 unspecified atom stereocenters. The second-order valence-corrected chi connectivity index (χ2v) is 4.30. The Morgan fingerprint density at radius 1 is 1.33 bits per heavy atom. The first kappa shape index (κ1) is 14.4. The normalized spacial score (nSPS) is 14.9. The minimum Gasteiger partial charge on any atom is -0.389 e. The number of hydrogen-bond acceptors (Lipinski definition) is 3. The lowest BCUT2D eigenvalue weighted by Gasteiger charge is -2.16. The van der Waals surface area contributed by atoms with Crippen molar-refractivity contribution in [1.29, 1.82) is 0 Å². The molecule has 0 saturated carbocycles. The summed E-state index contributed by atoms with van der Waals surface area (Å²) in [6.45, 7) is 7.77. The summed E-state index contributed by atoms with van der Waals surface area (Å²) in [4.78, 5) is 0. The van der Waals surface area contributed by atoms with Gasteiger partial charge in [0.2, 0.25) is 0 Å². The van der Waals surface area contributed by atoms with Crippen LogP contribution in [0, 0.1) is 18.3 Å². The summed E-state index contributed by atoms with van der Waals surface area (Å²) >= 11 is 0. The Balaban J connectivity index is 3.41. The minimum absolute atomic E-state index is 0.245. The van der Waals surface area contributed by atoms with Crippen LogP contribution in [0.1, 0.15) is 27.2 Å². The summed E-state index contributed by atoms with van der Waals surface area (Å²) in [6.07, 6.45) is 5.40. The molecule has 0 spiro atoms. The minimum atomic E-state index is -0.455. The van der Waals surface area contributed by atoms with Crippen molar-refractivity contribution < 1.29 is 9.84 Å². The summed E-state index contributed by atoms with van der Waals surface area (Å²) < 4.78 is 5.32. The smallest absolute Gasteiger partial charge is 0.0897 e. The Morgan fingerprint density at radius 2 is 2.00 bits per heavy atom. The first-order chi connectivity index (χ1) is 7.06. The highest BCUT2D eigenvalue weighted by molar-refractivity contribution is 4.88. The summed E-state index contributed by atoms with van der Waals surface area (Å²) in [5.74, 6) is 3.08. The van der Waals surface area contributed by atoms with Crippen LogP contribution in [-0.4, -0.2) is 37.0 Å². The maximum atomic E-state index is 9.54. The molecule has 3 nitrogen and oxygen atoms in total. The van der Waals surface area contributed by atoms with Crippen LogP contribution >= 0.6 is 0 Å². The van der Waals surface area contributed by atoms with Gasteiger partial charge in [-0.25, -0.2) is 0 Å². The van der Waals surface area contributed by atoms with Gasteiger partial charge in [0.15, 0.2) is 0 Å². The summed E-state index contributed by atoms with van der Waals surface area (Å²) in [6, 6.07) is 0.245. The molecule has 0 amide bonds. The van der Waals surface area contributed by atoms with Gasteiger partial charge in [0.1, 0.15) is 0 Å². The van der Waals surface area contributed by atoms with Crippen molar-refractivity contribution in [2.24, 2.45) is 5.92 Å². The zero-order chi connectivity index (χ0) is 11.7. The standard InChI is InChI=1S/C12H23NO2/c1-5-6-11(4)13-7-12(14)9-15-8-10(2)3/h1,10-14H,6-9H2,2-4H3. The topological polar surface area (TPSA) is 41.5 Å². The van der Waals surface area contributed by atoms with Crippen molar-refractivity contribution >= 4 is 0 Å². The molecule has 0 heterocycles. The van der Waals surface area contributed by atoms with Crippen molar-refractivity contribution in [2.75, 3.05) is 19.8 Å². The van der Waals surface area contributed by atoms with E-state index < -0.39 is 6.10 Å². The highest BCUT2D eigenvalue weighted by Gasteiger charge is 2.06. The quantitative estimate of drug-likeness (QED) is 0.592. The summed E-state index contributed by atoms with van der Waals surface area (Å²) in [7, 11) is 0. The third-order valence-electron chi connectivity index (χ3n) is 1.89. The molecule has 0 rings (SSSR count). The van der Waals surface area contributed by atoms with Gasteiger partial charge in [-0.15, -0.1) is 12.3 Å². The van der Waals surface area contributed by atoms with Crippen LogP contribution in [0.4, 0.5) is 0 Å². The van der Waals surface area contributed by atoms with E-state index in [0.29, 0.717) is 32.1 Å². The molecule has 0 radical (unpaired) electrons. The molecule has 0 aromatic carbocycles. The average molecular weight is 213 g/mol. The summed E-state index contributed by atoms with van der Waals surface area (Å²) in [5.41, 5.74) is 0. The molecule has 0 fully saturated rings. The van der Waals surface area contributed by atoms with Crippen LogP contribution < -0.4 is 5.32 Å². The Hall–Kier alpha value is -0.560. The molecule has 2 N–H and O–H groups in total. The molecule has 0 saturated heterocycles. The number of hydrogen-bond donors (Lipinski definition) is 2. The van der Waals surface area contributed by atoms with Gasteiger partial charge >= 0.3 is 0 Å². The van der Waals surface area contributed by atoms with Crippen molar-refractivity contribution in [3.8, 4) is 12.3 Å². The zero-order valence-corrected chi connectivity index (χ0v) is 9.99. The van der Waals surface area contributed by atoms with E-state index in [1.165, 1.54) is 0 Å². The third-order valence-corrected chi connectivity index (χ3v) is 1.89. The van der Waals surface area contributed by atoms with E-state index in [-0.39, 0.29) is 6.04 Å². The first-order valence-corrected chi connectivity index (χ1v) is 5.49. The Morgan fingerprint density at radius 3 is 2.53 bits per heavy atom. The number of terminal acetylenes is 1. The van der Waals surface area contributed by atoms with Crippen molar-refractivity contribution in [1.82, 2.24) is 5.32 Å². The largest absolute Gasteiger partial charge is 0.389 e. The second kappa shape index (κ2) is 8.72. The van der Waals surface area contributed by atoms with Crippen LogP contribution in [-0.2, 0) is 4.74 Å². The molecule has 2 atom stereocenters. The van der Waals surface area contributed by atoms with Gasteiger partial charge in [0.05, 0.1) is 12.7 Å². The fraction of sp³-hybridized carbons (Fsp3) is 0.833. The molecule has 0 aliphatic heterocycles. The maximum absolute atomic E-state index is 9.54. The molecule has 3 heteroatoms. The van der Waals surface area contributed by atoms with Crippen LogP contribution in [0.3, 0.4) is 0 Å². The highest BCUT2D eigenvalue weighted by atomic mass is 16.5. The SMILES string of the molecule is C#CCC(C)NCC(O)COCC(C)C. The van der Waals surface area contributed by atoms with Crippen molar-refractivity contribution in [3.05, 3.63) is 0 Å². The van der Waals surface area contributed by atoms with E-state index in [2.05, 4.69) is 25.1 Å². The molecule has 15 heavy (non-hydrogen) atoms. The molecule has 0 aromatic heterocycles. The van der Waals surface area contributed by atoms with E-state index in [0.717, 1.165) is 0 Å². The number of aliphatic hydroxyl groups is 1. The molecule has 0 aliphatic rings. The fourth-order valence-corrected chi connectivity index (χ4v) is 1.08. The lowest BCUT2D eigenvalue weighted by molar-refractivity contribution is 0.0252. The molecular formula is C12H23NO2. The van der Waals surface area contributed by atoms with Crippen LogP contribution in [0.2, 0.25) is 0 Å². The number of ether oxygens (including phenoxy) is 1. The molecule has 0 bridgehead atoms. The van der Waals surface area contributed by atoms with Gasteiger partial charge in [0.25, 0.3) is 0 Å². The Bertz CT molecular complexity index is 187. The van der Waals surface area contributed by atoms with Crippen LogP contribution in [0.25, 0.3) is 0 Å². The molecule has 0 aliphatic carbocycles. The predicted molar refractivity (Wildman–Crippen MR) is 62.6 cm³/mol. The van der Waals surface area contributed by atoms with Gasteiger partial charge in [-0.05, 0) is 12.8 Å². The van der Waals surface area contributed by atoms with E-state index >= 15 is 0 Å². The maximum Gasteiger partial charge on any atom is 0.0897 e. The first-order valence-electron chi connectivity index (χ1n) is 5.49. The summed E-state index contributed by atoms with van der Waals surface area (Å²) in [5, 5.41) is 12.7. The van der Waals surface area contributed by atoms with E-state index in [4.69, 9.17) is 11.2 Å². The van der Waals surface area contributed by atoms with Gasteiger partial charge in [-0.3, -0.25) is 0 Å². The van der Waals surface area contributed by atoms with Gasteiger partial charge in [0, 0.05) is 25.6 Å². The molecule has 88 valence electrons. The van der Waals surface area contributed by atoms with E-state index in [1.54, 1.807) is 0 Å². The Labute approximate surface area is 93.2 Å². The van der Waals surface area contributed by atoms with Crippen LogP contribution in [0.15, 0.2) is 0 Å². The predicted octanol–water partition coefficient (Wildman–Crippen LogP) is 1.02. The fourth-order valence-electron chi connectivity index (χ4n) is 1.08. The highest BCUT2D eigenvalue weighted by Crippen LogP contribution is 1.94. The molecule has 0 aromatic rings. The van der Waals surface area contributed by atoms with Crippen LogP contribution in [0.5, 0.6) is 0 Å². The van der Waals surface area contributed by atoms with Gasteiger partial charge in [-0.2, -0.15) is 0 Å². The zero-order valence-electron chi connectivity index (χ0n) is 9.99. The lowest BCUT2D eigenvalue weighted by atomic mass is 10.2. The Kier molecular flexibility index (Phi) is 8.40. The van der Waals surface area contributed by atoms with Gasteiger partial charge in [-0.1, -0.05) is 13.8 Å².